The van der Waals surface area contributed by atoms with Crippen LogP contribution in [0.1, 0.15) is 124 Å². The third-order valence-electron chi connectivity index (χ3n) is 15.0. The topological polar surface area (TPSA) is 175 Å². The summed E-state index contributed by atoms with van der Waals surface area (Å²) >= 11 is 0. The van der Waals surface area contributed by atoms with Crippen LogP contribution in [-0.4, -0.2) is 92.6 Å². The second-order valence-corrected chi connectivity index (χ2v) is 19.7. The van der Waals surface area contributed by atoms with Crippen LogP contribution in [0.25, 0.3) is 34.0 Å². The maximum atomic E-state index is 16.7. The fourth-order valence-corrected chi connectivity index (χ4v) is 11.3. The molecular formula is C49H56F2N8O6. The number of hydrogen-bond donors (Lipinski definition) is 4. The standard InChI is InChI=1S/C49H56F2N8O6/c1-24(2)39(56-46(62)64-5)44(60)58-23-48(15-16-48)21-38(58)42-52-22-37(55-42)28-9-13-32-31-12-8-26(18-33(31)49(50,51)34(32)19-28)27-10-14-35-36(20-27)54-43(53-35)41-29-7-11-30(17-29)59(41)45(61)40(25(3)4)57-47(63)65-6/h8-9,12-13,18-20,22,24-25,29-30,38-41H,7,10-11,14-17,21,23H2,1-6H3,(H,52,55)(H,53,54)(H,56,62)(H,57,63)/t29-,30+,38-,39-,40-,41-/m0/s1. The van der Waals surface area contributed by atoms with Crippen LogP contribution in [-0.2, 0) is 31.4 Å². The number of fused-ring (bicyclic) bond motifs is 6. The van der Waals surface area contributed by atoms with Crippen molar-refractivity contribution in [2.24, 2.45) is 23.2 Å². The summed E-state index contributed by atoms with van der Waals surface area (Å²) in [6.45, 7) is 8.11. The van der Waals surface area contributed by atoms with Gasteiger partial charge in [-0.2, -0.15) is 8.78 Å². The van der Waals surface area contributed by atoms with E-state index >= 15 is 8.78 Å². The van der Waals surface area contributed by atoms with Gasteiger partial charge in [-0.05, 0) is 115 Å². The SMILES string of the molecule is COC(=O)N[C@H](C(=O)N1CC2(CC2)C[C@H]1c1ncc(-c2ccc3c(c2)C(F)(F)c2cc(C4=Cc5[nH]c([C@@H]6[C@H]7CC[C@H](C7)N6C(=O)[C@@H](NC(=O)OC)C(C)C)nc5CC4)ccc2-3)[nH]1)C(C)C. The zero-order chi connectivity index (χ0) is 45.7. The second kappa shape index (κ2) is 15.8. The number of alkyl carbamates (subject to hydrolysis) is 2. The molecule has 16 heteroatoms. The highest BCUT2D eigenvalue weighted by molar-refractivity contribution is 5.89. The van der Waals surface area contributed by atoms with Gasteiger partial charge in [-0.1, -0.05) is 52.0 Å². The van der Waals surface area contributed by atoms with Gasteiger partial charge < -0.3 is 39.9 Å². The van der Waals surface area contributed by atoms with Crippen molar-refractivity contribution >= 4 is 35.6 Å². The van der Waals surface area contributed by atoms with Crippen LogP contribution in [0.3, 0.4) is 0 Å². The van der Waals surface area contributed by atoms with Crippen LogP contribution >= 0.6 is 0 Å². The van der Waals surface area contributed by atoms with Gasteiger partial charge in [-0.15, -0.1) is 0 Å². The highest BCUT2D eigenvalue weighted by atomic mass is 19.3. The predicted molar refractivity (Wildman–Crippen MR) is 237 cm³/mol. The first kappa shape index (κ1) is 42.9. The maximum Gasteiger partial charge on any atom is 0.407 e. The lowest BCUT2D eigenvalue weighted by molar-refractivity contribution is -0.139. The molecule has 4 aliphatic carbocycles. The molecule has 4 amide bonds. The van der Waals surface area contributed by atoms with Crippen molar-refractivity contribution in [2.75, 3.05) is 20.8 Å². The largest absolute Gasteiger partial charge is 0.453 e. The number of carbonyl (C=O) groups excluding carboxylic acids is 4. The Morgan fingerprint density at radius 1 is 0.831 bits per heavy atom. The number of alkyl halides is 2. The molecule has 2 saturated heterocycles. The zero-order valence-electron chi connectivity index (χ0n) is 37.6. The molecule has 0 radical (unpaired) electrons. The van der Waals surface area contributed by atoms with Gasteiger partial charge in [-0.25, -0.2) is 19.6 Å². The molecule has 2 saturated carbocycles. The summed E-state index contributed by atoms with van der Waals surface area (Å²) in [5.74, 6) is -2.39. The number of piperidine rings is 1. The summed E-state index contributed by atoms with van der Waals surface area (Å²) in [4.78, 5) is 72.8. The summed E-state index contributed by atoms with van der Waals surface area (Å²) in [6.07, 6.45) is 9.06. The molecule has 2 aromatic carbocycles. The van der Waals surface area contributed by atoms with E-state index in [1.54, 1.807) is 29.3 Å². The third kappa shape index (κ3) is 7.27. The number of imidazole rings is 2. The fraction of sp³-hybridized carbons (Fsp3) is 0.510. The smallest absolute Gasteiger partial charge is 0.407 e. The Hall–Kier alpha value is -6.06. The number of carbonyl (C=O) groups is 4. The van der Waals surface area contributed by atoms with Crippen LogP contribution in [0.4, 0.5) is 18.4 Å². The van der Waals surface area contributed by atoms with E-state index < -0.39 is 30.2 Å². The molecule has 2 aliphatic heterocycles. The van der Waals surface area contributed by atoms with Crippen LogP contribution < -0.4 is 10.6 Å². The van der Waals surface area contributed by atoms with Crippen molar-refractivity contribution in [1.29, 1.82) is 0 Å². The first-order chi connectivity index (χ1) is 31.1. The van der Waals surface area contributed by atoms with Crippen LogP contribution in [0.15, 0.2) is 42.6 Å². The van der Waals surface area contributed by atoms with E-state index in [2.05, 4.69) is 20.6 Å². The number of benzene rings is 2. The fourth-order valence-electron chi connectivity index (χ4n) is 11.3. The molecule has 1 spiro atoms. The first-order valence-corrected chi connectivity index (χ1v) is 22.9. The lowest BCUT2D eigenvalue weighted by Gasteiger charge is -2.37. The number of amides is 4. The van der Waals surface area contributed by atoms with Crippen molar-refractivity contribution in [2.45, 2.75) is 115 Å². The average Bonchev–Trinajstić information content (AvgIpc) is 3.95. The number of aromatic amines is 2. The normalized spacial score (nSPS) is 23.8. The maximum absolute atomic E-state index is 16.7. The van der Waals surface area contributed by atoms with E-state index in [1.165, 1.54) is 20.3 Å². The van der Waals surface area contributed by atoms with Gasteiger partial charge in [0.1, 0.15) is 23.7 Å². The number of aromatic nitrogens is 4. The van der Waals surface area contributed by atoms with Crippen LogP contribution in [0, 0.1) is 23.2 Å². The summed E-state index contributed by atoms with van der Waals surface area (Å²) in [6, 6.07) is 8.38. The molecule has 4 N–H and O–H groups in total. The molecule has 10 rings (SSSR count). The molecule has 4 aromatic rings. The average molecular weight is 891 g/mol. The molecule has 4 fully saturated rings. The monoisotopic (exact) mass is 890 g/mol. The summed E-state index contributed by atoms with van der Waals surface area (Å²) in [5.41, 5.74) is 5.33. The number of allylic oxidation sites excluding steroid dienone is 1. The second-order valence-electron chi connectivity index (χ2n) is 19.7. The molecule has 342 valence electrons. The Bertz CT molecular complexity index is 2630. The number of methoxy groups -OCH3 is 2. The molecular weight excluding hydrogens is 835 g/mol. The predicted octanol–water partition coefficient (Wildman–Crippen LogP) is 8.27. The number of rotatable bonds is 10. The number of aryl methyl sites for hydroxylation is 1. The van der Waals surface area contributed by atoms with E-state index in [0.29, 0.717) is 53.2 Å². The van der Waals surface area contributed by atoms with Gasteiger partial charge in [0.2, 0.25) is 11.8 Å². The van der Waals surface area contributed by atoms with Crippen molar-refractivity contribution in [3.63, 3.8) is 0 Å². The van der Waals surface area contributed by atoms with Crippen molar-refractivity contribution in [3.05, 3.63) is 82.3 Å². The van der Waals surface area contributed by atoms with Gasteiger partial charge in [0.15, 0.2) is 0 Å². The molecule has 65 heavy (non-hydrogen) atoms. The Labute approximate surface area is 376 Å². The number of halogens is 2. The molecule has 14 nitrogen and oxygen atoms in total. The highest BCUT2D eigenvalue weighted by Crippen LogP contribution is 2.59. The molecule has 2 bridgehead atoms. The van der Waals surface area contributed by atoms with E-state index in [0.717, 1.165) is 61.3 Å². The number of likely N-dealkylation sites (tertiary alicyclic amines) is 2. The number of ether oxygens (including phenoxy) is 2. The molecule has 4 heterocycles. The van der Waals surface area contributed by atoms with E-state index in [9.17, 15) is 19.2 Å². The minimum Gasteiger partial charge on any atom is -0.453 e. The highest BCUT2D eigenvalue weighted by Gasteiger charge is 2.56. The minimum atomic E-state index is -3.26. The van der Waals surface area contributed by atoms with Gasteiger partial charge >= 0.3 is 12.2 Å². The number of H-pyrrole nitrogens is 2. The van der Waals surface area contributed by atoms with Gasteiger partial charge in [0.25, 0.3) is 5.92 Å². The lowest BCUT2D eigenvalue weighted by Crippen LogP contribution is -2.54. The van der Waals surface area contributed by atoms with Gasteiger partial charge in [0.05, 0.1) is 49.6 Å². The minimum absolute atomic E-state index is 0.0143. The number of nitrogens with one attached hydrogen (secondary N) is 4. The van der Waals surface area contributed by atoms with E-state index in [1.807, 2.05) is 50.8 Å². The van der Waals surface area contributed by atoms with Crippen LogP contribution in [0.2, 0.25) is 0 Å². The molecule has 6 atom stereocenters. The Kier molecular flexibility index (Phi) is 10.4. The van der Waals surface area contributed by atoms with Crippen molar-refractivity contribution in [3.8, 4) is 22.4 Å². The van der Waals surface area contributed by atoms with Crippen molar-refractivity contribution in [1.82, 2.24) is 40.4 Å². The number of hydrogen-bond acceptors (Lipinski definition) is 8. The van der Waals surface area contributed by atoms with E-state index in [4.69, 9.17) is 19.4 Å². The van der Waals surface area contributed by atoms with Gasteiger partial charge in [0, 0.05) is 29.3 Å². The van der Waals surface area contributed by atoms with E-state index in [-0.39, 0.29) is 64.2 Å². The molecule has 0 unspecified atom stereocenters. The summed E-state index contributed by atoms with van der Waals surface area (Å²) < 4.78 is 43.0. The Morgan fingerprint density at radius 3 is 2.12 bits per heavy atom. The van der Waals surface area contributed by atoms with Crippen LogP contribution in [0.5, 0.6) is 0 Å². The summed E-state index contributed by atoms with van der Waals surface area (Å²) in [7, 11) is 2.55. The quantitative estimate of drug-likeness (QED) is 0.123. The van der Waals surface area contributed by atoms with Gasteiger partial charge in [-0.3, -0.25) is 9.59 Å². The Balaban J connectivity index is 0.885. The molecule has 2 aromatic heterocycles. The zero-order valence-corrected chi connectivity index (χ0v) is 37.6. The summed E-state index contributed by atoms with van der Waals surface area (Å²) in [5, 5.41) is 5.45. The third-order valence-corrected chi connectivity index (χ3v) is 15.0. The van der Waals surface area contributed by atoms with Crippen molar-refractivity contribution < 1.29 is 37.4 Å². The number of nitrogens with zero attached hydrogens (tertiary/aromatic N) is 4. The lowest BCUT2D eigenvalue weighted by atomic mass is 9.91. The Morgan fingerprint density at radius 2 is 1.48 bits per heavy atom. The first-order valence-electron chi connectivity index (χ1n) is 22.9. The molecule has 6 aliphatic rings.